The van der Waals surface area contributed by atoms with E-state index in [0.717, 1.165) is 0 Å². The third-order valence-corrected chi connectivity index (χ3v) is 4.09. The van der Waals surface area contributed by atoms with E-state index >= 15 is 0 Å². The monoisotopic (exact) mass is 302 g/mol. The van der Waals surface area contributed by atoms with Gasteiger partial charge in [0, 0.05) is 0 Å². The van der Waals surface area contributed by atoms with Crippen LogP contribution in [0, 0.1) is 0 Å². The Labute approximate surface area is 119 Å². The Bertz CT molecular complexity index is 450. The molecule has 2 atom stereocenters. The molecule has 0 bridgehead atoms. The molecule has 19 heavy (non-hydrogen) atoms. The van der Waals surface area contributed by atoms with Gasteiger partial charge in [0.2, 0.25) is 5.60 Å². The summed E-state index contributed by atoms with van der Waals surface area (Å²) < 4.78 is 10.8. The number of ether oxygens (including phenoxy) is 1. The molecule has 0 N–H and O–H groups in total. The molecule has 0 radical (unpaired) electrons. The van der Waals surface area contributed by atoms with Crippen molar-refractivity contribution < 1.29 is 18.8 Å². The second-order valence-corrected chi connectivity index (χ2v) is 10.2. The van der Waals surface area contributed by atoms with E-state index in [1.807, 2.05) is 19.6 Å². The highest BCUT2D eigenvalue weighted by Gasteiger charge is 2.58. The number of alkyl halides is 1. The molecule has 0 unspecified atom stereocenters. The van der Waals surface area contributed by atoms with Gasteiger partial charge in [-0.3, -0.25) is 4.79 Å². The fourth-order valence-corrected chi connectivity index (χ4v) is 3.72. The van der Waals surface area contributed by atoms with Gasteiger partial charge >= 0.3 is 5.97 Å². The summed E-state index contributed by atoms with van der Waals surface area (Å²) in [6.45, 7) is 7.58. The number of rotatable bonds is 4. The van der Waals surface area contributed by atoms with E-state index in [0.29, 0.717) is 5.57 Å². The molecule has 0 saturated heterocycles. The first-order valence-corrected chi connectivity index (χ1v) is 9.85. The number of hydrogen-bond donors (Lipinski definition) is 0. The van der Waals surface area contributed by atoms with E-state index in [-0.39, 0.29) is 5.78 Å². The van der Waals surface area contributed by atoms with Crippen LogP contribution in [0.25, 0.3) is 0 Å². The van der Waals surface area contributed by atoms with Gasteiger partial charge in [0.05, 0.1) is 7.11 Å². The van der Waals surface area contributed by atoms with Crippen LogP contribution in [0.4, 0.5) is 0 Å². The van der Waals surface area contributed by atoms with Crippen LogP contribution >= 0.6 is 11.6 Å². The Hall–Kier alpha value is -0.913. The average molecular weight is 303 g/mol. The van der Waals surface area contributed by atoms with Crippen LogP contribution in [0.15, 0.2) is 23.8 Å². The molecule has 0 aliphatic heterocycles. The Morgan fingerprint density at radius 3 is 2.47 bits per heavy atom. The molecule has 0 heterocycles. The summed E-state index contributed by atoms with van der Waals surface area (Å²) in [5, 5.41) is -1.09. The maximum atomic E-state index is 12.2. The van der Waals surface area contributed by atoms with Crippen molar-refractivity contribution in [3.63, 3.8) is 0 Å². The van der Waals surface area contributed by atoms with Gasteiger partial charge in [0.1, 0.15) is 5.38 Å². The van der Waals surface area contributed by atoms with Crippen molar-refractivity contribution >= 4 is 31.7 Å². The van der Waals surface area contributed by atoms with Crippen LogP contribution in [-0.4, -0.2) is 38.2 Å². The number of methoxy groups -OCH3 is 1. The van der Waals surface area contributed by atoms with Crippen LogP contribution in [-0.2, 0) is 18.8 Å². The van der Waals surface area contributed by atoms with Gasteiger partial charge in [-0.2, -0.15) is 0 Å². The molecule has 1 rings (SSSR count). The standard InChI is InChI=1S/C13H19ClO4Si/c1-6-7-9-8-10(15)11(14)13(9,12(16)17-2)18-19(3,4)5/h6-8,11H,1-5H3/t11-,13-/m1/s1. The summed E-state index contributed by atoms with van der Waals surface area (Å²) in [7, 11) is -0.867. The summed E-state index contributed by atoms with van der Waals surface area (Å²) in [6.07, 6.45) is 4.76. The SMILES string of the molecule is CC=CC1=CC(=O)[C@@H](Cl)[C@@]1(O[Si](C)(C)C)C(=O)OC. The Balaban J connectivity index is 3.40. The molecule has 0 aromatic rings. The van der Waals surface area contributed by atoms with E-state index in [9.17, 15) is 9.59 Å². The first-order chi connectivity index (χ1) is 8.69. The fraction of sp³-hybridized carbons (Fsp3) is 0.538. The molecule has 106 valence electrons. The van der Waals surface area contributed by atoms with Crippen LogP contribution in [0.5, 0.6) is 0 Å². The van der Waals surface area contributed by atoms with Crippen molar-refractivity contribution in [3.05, 3.63) is 23.8 Å². The highest BCUT2D eigenvalue weighted by Crippen LogP contribution is 2.40. The molecule has 0 aromatic carbocycles. The highest BCUT2D eigenvalue weighted by molar-refractivity contribution is 6.70. The maximum Gasteiger partial charge on any atom is 0.343 e. The minimum atomic E-state index is -2.13. The average Bonchev–Trinajstić information content (AvgIpc) is 2.52. The normalized spacial score (nSPS) is 27.8. The number of esters is 1. The lowest BCUT2D eigenvalue weighted by Crippen LogP contribution is -2.55. The van der Waals surface area contributed by atoms with E-state index < -0.39 is 25.3 Å². The third kappa shape index (κ3) is 2.99. The zero-order chi connectivity index (χ0) is 14.8. The molecule has 1 aliphatic carbocycles. The van der Waals surface area contributed by atoms with Gasteiger partial charge in [-0.15, -0.1) is 11.6 Å². The summed E-state index contributed by atoms with van der Waals surface area (Å²) in [5.41, 5.74) is -1.07. The third-order valence-electron chi connectivity index (χ3n) is 2.64. The van der Waals surface area contributed by atoms with Crippen molar-refractivity contribution in [2.24, 2.45) is 0 Å². The predicted molar refractivity (Wildman–Crippen MR) is 76.7 cm³/mol. The number of hydrogen-bond acceptors (Lipinski definition) is 4. The van der Waals surface area contributed by atoms with E-state index in [2.05, 4.69) is 0 Å². The molecule has 6 heteroatoms. The van der Waals surface area contributed by atoms with Crippen molar-refractivity contribution in [3.8, 4) is 0 Å². The lowest BCUT2D eigenvalue weighted by molar-refractivity contribution is -0.156. The summed E-state index contributed by atoms with van der Waals surface area (Å²) >= 11 is 6.16. The molecule has 0 saturated carbocycles. The molecular weight excluding hydrogens is 284 g/mol. The number of carbonyl (C=O) groups excluding carboxylic acids is 2. The topological polar surface area (TPSA) is 52.6 Å². The second kappa shape index (κ2) is 5.61. The van der Waals surface area contributed by atoms with Crippen molar-refractivity contribution in [1.82, 2.24) is 0 Å². The number of halogens is 1. The van der Waals surface area contributed by atoms with Crippen molar-refractivity contribution in [2.75, 3.05) is 7.11 Å². The first-order valence-electron chi connectivity index (χ1n) is 6.00. The smallest absolute Gasteiger partial charge is 0.343 e. The van der Waals surface area contributed by atoms with E-state index in [4.69, 9.17) is 20.8 Å². The second-order valence-electron chi connectivity index (χ2n) is 5.31. The summed E-state index contributed by atoms with van der Waals surface area (Å²) in [6, 6.07) is 0. The predicted octanol–water partition coefficient (Wildman–Crippen LogP) is 2.44. The minimum Gasteiger partial charge on any atom is -0.467 e. The zero-order valence-electron chi connectivity index (χ0n) is 11.8. The highest BCUT2D eigenvalue weighted by atomic mass is 35.5. The van der Waals surface area contributed by atoms with Gasteiger partial charge < -0.3 is 9.16 Å². The molecule has 0 aromatic heterocycles. The fourth-order valence-electron chi connectivity index (χ4n) is 2.04. The van der Waals surface area contributed by atoms with Gasteiger partial charge in [0.15, 0.2) is 14.1 Å². The lowest BCUT2D eigenvalue weighted by atomic mass is 9.95. The Kier molecular flexibility index (Phi) is 4.76. The maximum absolute atomic E-state index is 12.2. The van der Waals surface area contributed by atoms with Crippen LogP contribution < -0.4 is 0 Å². The minimum absolute atomic E-state index is 0.335. The van der Waals surface area contributed by atoms with Gasteiger partial charge in [-0.25, -0.2) is 4.79 Å². The summed E-state index contributed by atoms with van der Waals surface area (Å²) in [4.78, 5) is 24.1. The van der Waals surface area contributed by atoms with Gasteiger partial charge in [0.25, 0.3) is 0 Å². The largest absolute Gasteiger partial charge is 0.467 e. The molecule has 0 fully saturated rings. The number of carbonyl (C=O) groups is 2. The quantitative estimate of drug-likeness (QED) is 0.455. The molecule has 0 spiro atoms. The molecular formula is C13H19ClO4Si. The number of allylic oxidation sites excluding steroid dienone is 2. The van der Waals surface area contributed by atoms with E-state index in [1.165, 1.54) is 13.2 Å². The molecule has 4 nitrogen and oxygen atoms in total. The molecule has 0 amide bonds. The van der Waals surface area contributed by atoms with Crippen LogP contribution in [0.2, 0.25) is 19.6 Å². The molecule has 1 aliphatic rings. The van der Waals surface area contributed by atoms with Gasteiger partial charge in [-0.05, 0) is 38.2 Å². The Morgan fingerprint density at radius 1 is 1.47 bits per heavy atom. The van der Waals surface area contributed by atoms with E-state index in [1.54, 1.807) is 19.1 Å². The van der Waals surface area contributed by atoms with Gasteiger partial charge in [-0.1, -0.05) is 12.2 Å². The summed E-state index contributed by atoms with van der Waals surface area (Å²) in [5.74, 6) is -0.969. The zero-order valence-corrected chi connectivity index (χ0v) is 13.6. The van der Waals surface area contributed by atoms with Crippen molar-refractivity contribution in [1.29, 1.82) is 0 Å². The van der Waals surface area contributed by atoms with Crippen LogP contribution in [0.1, 0.15) is 6.92 Å². The Morgan fingerprint density at radius 2 is 2.05 bits per heavy atom. The number of ketones is 1. The van der Waals surface area contributed by atoms with Crippen LogP contribution in [0.3, 0.4) is 0 Å². The lowest BCUT2D eigenvalue weighted by Gasteiger charge is -2.36. The van der Waals surface area contributed by atoms with Crippen molar-refractivity contribution in [2.45, 2.75) is 37.5 Å². The first kappa shape index (κ1) is 16.1.